The molecule has 1 aliphatic rings. The Labute approximate surface area is 147 Å². The van der Waals surface area contributed by atoms with Crippen LogP contribution in [0, 0.1) is 5.92 Å². The van der Waals surface area contributed by atoms with Crippen molar-refractivity contribution < 1.29 is 4.79 Å². The van der Waals surface area contributed by atoms with Crippen LogP contribution in [0.4, 0.5) is 5.69 Å². The summed E-state index contributed by atoms with van der Waals surface area (Å²) in [5, 5.41) is 3.78. The number of rotatable bonds is 5. The highest BCUT2D eigenvalue weighted by molar-refractivity contribution is 6.42. The van der Waals surface area contributed by atoms with Crippen molar-refractivity contribution in [1.29, 1.82) is 0 Å². The number of anilines is 1. The summed E-state index contributed by atoms with van der Waals surface area (Å²) in [7, 11) is 0. The molecule has 0 spiro atoms. The predicted octanol–water partition coefficient (Wildman–Crippen LogP) is 3.41. The standard InChI is InChI=1S/C15H21Cl2N3O.ClH/c16-13-4-3-12(8-14(13)17)19-15(21)10-20-7-1-2-11(9-20)5-6-18;/h3-4,8,11H,1-2,5-7,9-10,18H2,(H,19,21);1H. The van der Waals surface area contributed by atoms with Crippen molar-refractivity contribution in [3.05, 3.63) is 28.2 Å². The molecule has 1 saturated heterocycles. The lowest BCUT2D eigenvalue weighted by Crippen LogP contribution is -2.40. The first kappa shape index (κ1) is 19.5. The van der Waals surface area contributed by atoms with Gasteiger partial charge in [0.2, 0.25) is 5.91 Å². The maximum absolute atomic E-state index is 12.1. The van der Waals surface area contributed by atoms with E-state index in [1.165, 1.54) is 6.42 Å². The molecule has 1 atom stereocenters. The van der Waals surface area contributed by atoms with Crippen molar-refractivity contribution in [3.8, 4) is 0 Å². The molecule has 1 aliphatic heterocycles. The van der Waals surface area contributed by atoms with Crippen molar-refractivity contribution in [2.24, 2.45) is 11.7 Å². The van der Waals surface area contributed by atoms with E-state index in [-0.39, 0.29) is 18.3 Å². The second-order valence-electron chi connectivity index (χ2n) is 5.50. The maximum Gasteiger partial charge on any atom is 0.238 e. The van der Waals surface area contributed by atoms with Crippen LogP contribution in [-0.2, 0) is 4.79 Å². The molecule has 0 radical (unpaired) electrons. The van der Waals surface area contributed by atoms with E-state index >= 15 is 0 Å². The van der Waals surface area contributed by atoms with Crippen molar-refractivity contribution in [1.82, 2.24) is 4.90 Å². The Morgan fingerprint density at radius 2 is 2.14 bits per heavy atom. The van der Waals surface area contributed by atoms with Gasteiger partial charge in [-0.15, -0.1) is 12.4 Å². The van der Waals surface area contributed by atoms with Crippen molar-refractivity contribution in [3.63, 3.8) is 0 Å². The molecule has 4 nitrogen and oxygen atoms in total. The zero-order chi connectivity index (χ0) is 15.2. The van der Waals surface area contributed by atoms with E-state index in [1.54, 1.807) is 18.2 Å². The van der Waals surface area contributed by atoms with Crippen LogP contribution in [0.25, 0.3) is 0 Å². The fourth-order valence-corrected chi connectivity index (χ4v) is 3.04. The Morgan fingerprint density at radius 3 is 2.82 bits per heavy atom. The number of likely N-dealkylation sites (tertiary alicyclic amines) is 1. The van der Waals surface area contributed by atoms with Gasteiger partial charge in [-0.2, -0.15) is 0 Å². The molecular formula is C15H22Cl3N3O. The van der Waals surface area contributed by atoms with E-state index in [0.717, 1.165) is 25.9 Å². The summed E-state index contributed by atoms with van der Waals surface area (Å²) in [6.07, 6.45) is 3.37. The summed E-state index contributed by atoms with van der Waals surface area (Å²) >= 11 is 11.8. The molecule has 124 valence electrons. The highest BCUT2D eigenvalue weighted by atomic mass is 35.5. The highest BCUT2D eigenvalue weighted by Gasteiger charge is 2.21. The SMILES string of the molecule is Cl.NCCC1CCCN(CC(=O)Nc2ccc(Cl)c(Cl)c2)C1. The number of hydrogen-bond donors (Lipinski definition) is 2. The molecule has 1 aromatic rings. The predicted molar refractivity (Wildman–Crippen MR) is 95.2 cm³/mol. The van der Waals surface area contributed by atoms with Crippen LogP contribution in [0.3, 0.4) is 0 Å². The van der Waals surface area contributed by atoms with Crippen molar-refractivity contribution in [2.75, 3.05) is 31.5 Å². The van der Waals surface area contributed by atoms with Gasteiger partial charge < -0.3 is 11.1 Å². The third-order valence-corrected chi connectivity index (χ3v) is 4.49. The number of halogens is 3. The summed E-state index contributed by atoms with van der Waals surface area (Å²) < 4.78 is 0. The van der Waals surface area contributed by atoms with Crippen molar-refractivity contribution >= 4 is 47.2 Å². The van der Waals surface area contributed by atoms with Crippen molar-refractivity contribution in [2.45, 2.75) is 19.3 Å². The van der Waals surface area contributed by atoms with Crippen LogP contribution < -0.4 is 11.1 Å². The van der Waals surface area contributed by atoms with Gasteiger partial charge in [0, 0.05) is 12.2 Å². The molecule has 0 aliphatic carbocycles. The van der Waals surface area contributed by atoms with Gasteiger partial charge in [-0.05, 0) is 56.5 Å². The molecule has 3 N–H and O–H groups in total. The molecule has 1 aromatic carbocycles. The molecule has 0 saturated carbocycles. The minimum atomic E-state index is -0.0261. The molecule has 1 heterocycles. The van der Waals surface area contributed by atoms with Gasteiger partial charge in [0.25, 0.3) is 0 Å². The first-order valence-corrected chi connectivity index (χ1v) is 8.01. The Kier molecular flexibility index (Phi) is 8.50. The topological polar surface area (TPSA) is 58.4 Å². The summed E-state index contributed by atoms with van der Waals surface area (Å²) in [5.41, 5.74) is 6.28. The molecular weight excluding hydrogens is 345 g/mol. The van der Waals surface area contributed by atoms with E-state index in [2.05, 4.69) is 10.2 Å². The number of benzene rings is 1. The van der Waals surface area contributed by atoms with E-state index in [0.29, 0.717) is 34.7 Å². The Bertz CT molecular complexity index is 497. The largest absolute Gasteiger partial charge is 0.330 e. The first-order valence-electron chi connectivity index (χ1n) is 7.26. The lowest BCUT2D eigenvalue weighted by atomic mass is 9.95. The molecule has 2 rings (SSSR count). The number of hydrogen-bond acceptors (Lipinski definition) is 3. The smallest absolute Gasteiger partial charge is 0.238 e. The third kappa shape index (κ3) is 5.94. The van der Waals surface area contributed by atoms with Crippen LogP contribution in [0.5, 0.6) is 0 Å². The summed E-state index contributed by atoms with van der Waals surface area (Å²) in [5.74, 6) is 0.586. The van der Waals surface area contributed by atoms with E-state index in [9.17, 15) is 4.79 Å². The zero-order valence-electron chi connectivity index (χ0n) is 12.4. The number of nitrogens with zero attached hydrogens (tertiary/aromatic N) is 1. The van der Waals surface area contributed by atoms with Gasteiger partial charge in [-0.1, -0.05) is 23.2 Å². The lowest BCUT2D eigenvalue weighted by molar-refractivity contribution is -0.117. The minimum absolute atomic E-state index is 0. The van der Waals surface area contributed by atoms with Crippen LogP contribution in [0.2, 0.25) is 10.0 Å². The van der Waals surface area contributed by atoms with E-state index in [1.807, 2.05) is 0 Å². The minimum Gasteiger partial charge on any atom is -0.330 e. The van der Waals surface area contributed by atoms with Crippen LogP contribution >= 0.6 is 35.6 Å². The van der Waals surface area contributed by atoms with E-state index in [4.69, 9.17) is 28.9 Å². The second-order valence-corrected chi connectivity index (χ2v) is 6.31. The Morgan fingerprint density at radius 1 is 1.36 bits per heavy atom. The molecule has 1 unspecified atom stereocenters. The van der Waals surface area contributed by atoms with Crippen LogP contribution in [0.1, 0.15) is 19.3 Å². The Hall–Kier alpha value is -0.520. The average Bonchev–Trinajstić information content (AvgIpc) is 2.43. The fourth-order valence-electron chi connectivity index (χ4n) is 2.74. The lowest BCUT2D eigenvalue weighted by Gasteiger charge is -2.32. The second kappa shape index (κ2) is 9.58. The molecule has 7 heteroatoms. The molecule has 22 heavy (non-hydrogen) atoms. The van der Waals surface area contributed by atoms with Crippen LogP contribution in [0.15, 0.2) is 18.2 Å². The monoisotopic (exact) mass is 365 g/mol. The van der Waals surface area contributed by atoms with Gasteiger partial charge in [0.15, 0.2) is 0 Å². The number of amides is 1. The number of piperidine rings is 1. The average molecular weight is 367 g/mol. The number of nitrogens with two attached hydrogens (primary N) is 1. The van der Waals surface area contributed by atoms with Gasteiger partial charge in [0.05, 0.1) is 16.6 Å². The summed E-state index contributed by atoms with van der Waals surface area (Å²) in [6.45, 7) is 3.04. The molecule has 1 fully saturated rings. The van der Waals surface area contributed by atoms with Crippen LogP contribution in [-0.4, -0.2) is 37.0 Å². The summed E-state index contributed by atoms with van der Waals surface area (Å²) in [4.78, 5) is 14.3. The molecule has 0 bridgehead atoms. The fraction of sp³-hybridized carbons (Fsp3) is 0.533. The van der Waals surface area contributed by atoms with Gasteiger partial charge in [-0.3, -0.25) is 9.69 Å². The Balaban J connectivity index is 0.00000242. The first-order chi connectivity index (χ1) is 10.1. The number of nitrogens with one attached hydrogen (secondary N) is 1. The van der Waals surface area contributed by atoms with Gasteiger partial charge in [0.1, 0.15) is 0 Å². The highest BCUT2D eigenvalue weighted by Crippen LogP contribution is 2.25. The maximum atomic E-state index is 12.1. The summed E-state index contributed by atoms with van der Waals surface area (Å²) in [6, 6.07) is 5.09. The quantitative estimate of drug-likeness (QED) is 0.839. The normalized spacial score (nSPS) is 18.6. The van der Waals surface area contributed by atoms with E-state index < -0.39 is 0 Å². The molecule has 0 aromatic heterocycles. The zero-order valence-corrected chi connectivity index (χ0v) is 14.7. The number of carbonyl (C=O) groups is 1. The van der Waals surface area contributed by atoms with Gasteiger partial charge >= 0.3 is 0 Å². The van der Waals surface area contributed by atoms with Gasteiger partial charge in [-0.25, -0.2) is 0 Å². The number of carbonyl (C=O) groups excluding carboxylic acids is 1. The molecule has 1 amide bonds. The third-order valence-electron chi connectivity index (χ3n) is 3.75.